The molecule has 60 valence electrons. The maximum atomic E-state index is 10.4. The van der Waals surface area contributed by atoms with E-state index in [2.05, 4.69) is 0 Å². The highest BCUT2D eigenvalue weighted by Gasteiger charge is 2.20. The fourth-order valence-electron chi connectivity index (χ4n) is 0.927. The highest BCUT2D eigenvalue weighted by molar-refractivity contribution is 5.73. The third-order valence-corrected chi connectivity index (χ3v) is 1.43. The maximum Gasteiger partial charge on any atom is 0.310 e. The van der Waals surface area contributed by atoms with Crippen molar-refractivity contribution in [3.8, 4) is 0 Å². The van der Waals surface area contributed by atoms with Crippen molar-refractivity contribution in [2.75, 3.05) is 0 Å². The number of allylic oxidation sites excluding steroid dienone is 2. The molecule has 0 spiro atoms. The Morgan fingerprint density at radius 1 is 1.55 bits per heavy atom. The van der Waals surface area contributed by atoms with Gasteiger partial charge in [0.2, 0.25) is 0 Å². The molecule has 1 aliphatic rings. The zero-order chi connectivity index (χ0) is 8.43. The molecule has 4 heteroatoms. The van der Waals surface area contributed by atoms with E-state index in [1.54, 1.807) is 0 Å². The largest absolute Gasteiger partial charge is 0.512 e. The molecule has 0 aliphatic heterocycles. The molecule has 0 bridgehead atoms. The van der Waals surface area contributed by atoms with Gasteiger partial charge < -0.3 is 15.3 Å². The molecule has 0 saturated carbocycles. The minimum atomic E-state index is -1.05. The van der Waals surface area contributed by atoms with E-state index >= 15 is 0 Å². The molecule has 0 aromatic carbocycles. The van der Waals surface area contributed by atoms with E-state index in [0.717, 1.165) is 6.08 Å². The molecule has 3 N–H and O–H groups in total. The predicted molar refractivity (Wildman–Crippen MR) is 37.2 cm³/mol. The van der Waals surface area contributed by atoms with E-state index in [4.69, 9.17) is 15.3 Å². The lowest BCUT2D eigenvalue weighted by Gasteiger charge is -2.11. The number of carboxylic acid groups (broad SMARTS) is 1. The van der Waals surface area contributed by atoms with Crippen LogP contribution in [-0.2, 0) is 4.79 Å². The molecule has 4 nitrogen and oxygen atoms in total. The molecule has 1 unspecified atom stereocenters. The van der Waals surface area contributed by atoms with Crippen LogP contribution in [0.15, 0.2) is 23.7 Å². The molecular formula is C7H8O4. The Morgan fingerprint density at radius 3 is 2.64 bits per heavy atom. The Balaban J connectivity index is 2.79. The van der Waals surface area contributed by atoms with Crippen molar-refractivity contribution in [2.45, 2.75) is 6.42 Å². The summed E-state index contributed by atoms with van der Waals surface area (Å²) < 4.78 is 0. The standard InChI is InChI=1S/C7H8O4/c8-5-1-4(7(10)11)2-6(9)3-5/h1,3-4,8-9H,2H2,(H,10,11). The minimum absolute atomic E-state index is 0.0550. The molecule has 0 saturated heterocycles. The van der Waals surface area contributed by atoms with Crippen LogP contribution in [-0.4, -0.2) is 21.3 Å². The van der Waals surface area contributed by atoms with Gasteiger partial charge in [0.1, 0.15) is 5.76 Å². The van der Waals surface area contributed by atoms with E-state index < -0.39 is 11.9 Å². The third-order valence-electron chi connectivity index (χ3n) is 1.43. The normalized spacial score (nSPS) is 23.8. The average Bonchev–Trinajstić information content (AvgIpc) is 1.85. The molecule has 0 radical (unpaired) electrons. The summed E-state index contributed by atoms with van der Waals surface area (Å²) in [5.74, 6) is -2.14. The Bertz CT molecular complexity index is 239. The van der Waals surface area contributed by atoms with Crippen LogP contribution < -0.4 is 0 Å². The van der Waals surface area contributed by atoms with Crippen molar-refractivity contribution in [2.24, 2.45) is 5.92 Å². The topological polar surface area (TPSA) is 77.8 Å². The zero-order valence-corrected chi connectivity index (χ0v) is 5.69. The van der Waals surface area contributed by atoms with E-state index in [9.17, 15) is 4.79 Å². The summed E-state index contributed by atoms with van der Waals surface area (Å²) in [7, 11) is 0. The van der Waals surface area contributed by atoms with Gasteiger partial charge in [-0.3, -0.25) is 4.79 Å². The van der Waals surface area contributed by atoms with Gasteiger partial charge in [0.05, 0.1) is 11.7 Å². The lowest BCUT2D eigenvalue weighted by molar-refractivity contribution is -0.140. The fourth-order valence-corrected chi connectivity index (χ4v) is 0.927. The number of hydrogen-bond donors (Lipinski definition) is 3. The summed E-state index contributed by atoms with van der Waals surface area (Å²) in [6.07, 6.45) is 2.39. The van der Waals surface area contributed by atoms with Crippen LogP contribution in [0.3, 0.4) is 0 Å². The van der Waals surface area contributed by atoms with Crippen LogP contribution in [0.2, 0.25) is 0 Å². The second-order valence-corrected chi connectivity index (χ2v) is 2.38. The number of carbonyl (C=O) groups is 1. The molecule has 0 amide bonds. The Labute approximate surface area is 63.1 Å². The molecule has 1 atom stereocenters. The second kappa shape index (κ2) is 2.65. The monoisotopic (exact) mass is 156 g/mol. The van der Waals surface area contributed by atoms with Crippen molar-refractivity contribution in [3.63, 3.8) is 0 Å². The van der Waals surface area contributed by atoms with Gasteiger partial charge in [-0.25, -0.2) is 0 Å². The van der Waals surface area contributed by atoms with Crippen LogP contribution in [0, 0.1) is 5.92 Å². The van der Waals surface area contributed by atoms with Crippen molar-refractivity contribution in [3.05, 3.63) is 23.7 Å². The first-order chi connectivity index (χ1) is 5.09. The Kier molecular flexibility index (Phi) is 1.85. The minimum Gasteiger partial charge on any atom is -0.512 e. The van der Waals surface area contributed by atoms with Gasteiger partial charge in [0.15, 0.2) is 0 Å². The predicted octanol–water partition coefficient (Wildman–Crippen LogP) is 0.975. The van der Waals surface area contributed by atoms with Crippen molar-refractivity contribution in [1.82, 2.24) is 0 Å². The molecular weight excluding hydrogens is 148 g/mol. The van der Waals surface area contributed by atoms with Crippen molar-refractivity contribution >= 4 is 5.97 Å². The molecule has 0 aromatic heterocycles. The van der Waals surface area contributed by atoms with Crippen LogP contribution in [0.25, 0.3) is 0 Å². The van der Waals surface area contributed by atoms with Gasteiger partial charge >= 0.3 is 5.97 Å². The van der Waals surface area contributed by atoms with Gasteiger partial charge in [0, 0.05) is 12.5 Å². The molecule has 0 aromatic rings. The SMILES string of the molecule is O=C(O)C1C=C(O)C=C(O)C1. The summed E-state index contributed by atoms with van der Waals surface area (Å²) >= 11 is 0. The van der Waals surface area contributed by atoms with E-state index in [-0.39, 0.29) is 17.9 Å². The van der Waals surface area contributed by atoms with Crippen LogP contribution in [0.5, 0.6) is 0 Å². The summed E-state index contributed by atoms with van der Waals surface area (Å²) in [5, 5.41) is 26.2. The van der Waals surface area contributed by atoms with Crippen LogP contribution in [0.4, 0.5) is 0 Å². The van der Waals surface area contributed by atoms with Gasteiger partial charge in [-0.1, -0.05) is 0 Å². The highest BCUT2D eigenvalue weighted by atomic mass is 16.4. The summed E-state index contributed by atoms with van der Waals surface area (Å²) in [6, 6.07) is 0. The van der Waals surface area contributed by atoms with Gasteiger partial charge in [0.25, 0.3) is 0 Å². The molecule has 11 heavy (non-hydrogen) atoms. The first kappa shape index (κ1) is 7.65. The molecule has 1 aliphatic carbocycles. The second-order valence-electron chi connectivity index (χ2n) is 2.38. The third kappa shape index (κ3) is 1.73. The summed E-state index contributed by atoms with van der Waals surface area (Å²) in [6.45, 7) is 0. The first-order valence-electron chi connectivity index (χ1n) is 3.12. The number of aliphatic hydroxyl groups excluding tert-OH is 2. The highest BCUT2D eigenvalue weighted by Crippen LogP contribution is 2.19. The number of aliphatic carboxylic acids is 1. The van der Waals surface area contributed by atoms with Gasteiger partial charge in [-0.05, 0) is 6.08 Å². The van der Waals surface area contributed by atoms with Crippen LogP contribution >= 0.6 is 0 Å². The number of carboxylic acids is 1. The Morgan fingerprint density at radius 2 is 2.18 bits per heavy atom. The fraction of sp³-hybridized carbons (Fsp3) is 0.286. The quantitative estimate of drug-likeness (QED) is 0.528. The van der Waals surface area contributed by atoms with E-state index in [0.29, 0.717) is 0 Å². The van der Waals surface area contributed by atoms with Crippen molar-refractivity contribution < 1.29 is 20.1 Å². The van der Waals surface area contributed by atoms with E-state index in [1.165, 1.54) is 6.08 Å². The summed E-state index contributed by atoms with van der Waals surface area (Å²) in [4.78, 5) is 10.4. The number of aliphatic hydroxyl groups is 2. The first-order valence-corrected chi connectivity index (χ1v) is 3.12. The Hall–Kier alpha value is -1.45. The lowest BCUT2D eigenvalue weighted by Crippen LogP contribution is -2.15. The average molecular weight is 156 g/mol. The zero-order valence-electron chi connectivity index (χ0n) is 5.69. The smallest absolute Gasteiger partial charge is 0.310 e. The molecule has 0 heterocycles. The lowest BCUT2D eigenvalue weighted by atomic mass is 9.99. The maximum absolute atomic E-state index is 10.4. The van der Waals surface area contributed by atoms with Gasteiger partial charge in [-0.15, -0.1) is 0 Å². The number of hydrogen-bond acceptors (Lipinski definition) is 3. The summed E-state index contributed by atoms with van der Waals surface area (Å²) in [5.41, 5.74) is 0. The number of rotatable bonds is 1. The van der Waals surface area contributed by atoms with E-state index in [1.807, 2.05) is 0 Å². The van der Waals surface area contributed by atoms with Crippen molar-refractivity contribution in [1.29, 1.82) is 0 Å². The van der Waals surface area contributed by atoms with Gasteiger partial charge in [-0.2, -0.15) is 0 Å². The molecule has 0 fully saturated rings. The molecule has 1 rings (SSSR count). The van der Waals surface area contributed by atoms with Crippen LogP contribution in [0.1, 0.15) is 6.42 Å².